The fourth-order valence-electron chi connectivity index (χ4n) is 2.31. The summed E-state index contributed by atoms with van der Waals surface area (Å²) in [4.78, 5) is 0. The van der Waals surface area contributed by atoms with Crippen molar-refractivity contribution in [1.29, 1.82) is 0 Å². The summed E-state index contributed by atoms with van der Waals surface area (Å²) in [5.74, 6) is 0. The molecule has 0 bridgehead atoms. The van der Waals surface area contributed by atoms with Gasteiger partial charge >= 0.3 is 8.56 Å². The van der Waals surface area contributed by atoms with Crippen LogP contribution in [0.3, 0.4) is 0 Å². The predicted molar refractivity (Wildman–Crippen MR) is 85.6 cm³/mol. The summed E-state index contributed by atoms with van der Waals surface area (Å²) < 4.78 is 12.3. The maximum absolute atomic E-state index is 6.16. The van der Waals surface area contributed by atoms with E-state index in [0.29, 0.717) is 13.2 Å². The van der Waals surface area contributed by atoms with Gasteiger partial charge in [-0.15, -0.1) is 0 Å². The molecular formula is C16H21NO2Si. The molecule has 0 aliphatic carbocycles. The average Bonchev–Trinajstić information content (AvgIpc) is 2.48. The van der Waals surface area contributed by atoms with Gasteiger partial charge in [-0.05, 0) is 36.4 Å². The van der Waals surface area contributed by atoms with E-state index in [0.717, 1.165) is 16.1 Å². The van der Waals surface area contributed by atoms with E-state index in [4.69, 9.17) is 14.6 Å². The van der Waals surface area contributed by atoms with Gasteiger partial charge in [0, 0.05) is 18.9 Å². The molecule has 0 heterocycles. The molecule has 0 aliphatic rings. The van der Waals surface area contributed by atoms with Crippen LogP contribution in [-0.2, 0) is 8.85 Å². The van der Waals surface area contributed by atoms with Crippen molar-refractivity contribution in [3.05, 3.63) is 54.6 Å². The largest absolute Gasteiger partial charge is 0.407 e. The van der Waals surface area contributed by atoms with Crippen molar-refractivity contribution < 1.29 is 8.85 Å². The first-order valence-corrected chi connectivity index (χ1v) is 8.74. The summed E-state index contributed by atoms with van der Waals surface area (Å²) in [6.45, 7) is 5.24. The van der Waals surface area contributed by atoms with E-state index in [2.05, 4.69) is 12.1 Å². The van der Waals surface area contributed by atoms with Gasteiger partial charge in [0.1, 0.15) is 0 Å². The van der Waals surface area contributed by atoms with Gasteiger partial charge in [0.25, 0.3) is 0 Å². The van der Waals surface area contributed by atoms with Crippen LogP contribution >= 0.6 is 0 Å². The van der Waals surface area contributed by atoms with Gasteiger partial charge in [-0.3, -0.25) is 0 Å². The molecule has 0 atom stereocenters. The third kappa shape index (κ3) is 2.93. The molecule has 4 heteroatoms. The highest BCUT2D eigenvalue weighted by Gasteiger charge is 2.42. The highest BCUT2D eigenvalue weighted by molar-refractivity contribution is 6.92. The SMILES string of the molecule is CCO[Si](OCC)(c1ccccc1)c1ccc(N)cc1. The Balaban J connectivity index is 2.54. The Morgan fingerprint density at radius 2 is 1.30 bits per heavy atom. The van der Waals surface area contributed by atoms with Gasteiger partial charge in [0.2, 0.25) is 0 Å². The zero-order valence-electron chi connectivity index (χ0n) is 12.0. The summed E-state index contributed by atoms with van der Waals surface area (Å²) >= 11 is 0. The topological polar surface area (TPSA) is 44.5 Å². The third-order valence-electron chi connectivity index (χ3n) is 3.14. The van der Waals surface area contributed by atoms with Gasteiger partial charge in [-0.2, -0.15) is 0 Å². The zero-order valence-corrected chi connectivity index (χ0v) is 13.0. The fourth-order valence-corrected chi connectivity index (χ4v) is 5.44. The van der Waals surface area contributed by atoms with Gasteiger partial charge in [0.05, 0.1) is 0 Å². The van der Waals surface area contributed by atoms with Crippen LogP contribution in [0.25, 0.3) is 0 Å². The Hall–Kier alpha value is -1.62. The lowest BCUT2D eigenvalue weighted by Crippen LogP contribution is -2.63. The van der Waals surface area contributed by atoms with Crippen LogP contribution in [0.2, 0.25) is 0 Å². The van der Waals surface area contributed by atoms with Crippen LogP contribution in [0.5, 0.6) is 0 Å². The van der Waals surface area contributed by atoms with Gasteiger partial charge in [-0.25, -0.2) is 0 Å². The second-order valence-corrected chi connectivity index (χ2v) is 7.44. The maximum atomic E-state index is 6.16. The molecule has 2 N–H and O–H groups in total. The van der Waals surface area contributed by atoms with E-state index in [1.54, 1.807) is 0 Å². The Morgan fingerprint density at radius 3 is 1.80 bits per heavy atom. The van der Waals surface area contributed by atoms with Gasteiger partial charge in [-0.1, -0.05) is 42.5 Å². The first-order chi connectivity index (χ1) is 9.73. The lowest BCUT2D eigenvalue weighted by Gasteiger charge is -2.30. The molecule has 0 aromatic heterocycles. The van der Waals surface area contributed by atoms with Crippen molar-refractivity contribution in [1.82, 2.24) is 0 Å². The number of nitrogens with two attached hydrogens (primary N) is 1. The van der Waals surface area contributed by atoms with Crippen LogP contribution in [0.1, 0.15) is 13.8 Å². The minimum atomic E-state index is -2.63. The number of anilines is 1. The quantitative estimate of drug-likeness (QED) is 0.652. The second-order valence-electron chi connectivity index (χ2n) is 4.47. The number of hydrogen-bond acceptors (Lipinski definition) is 3. The molecule has 2 rings (SSSR count). The van der Waals surface area contributed by atoms with Crippen LogP contribution in [0.15, 0.2) is 54.6 Å². The first kappa shape index (κ1) is 14.8. The van der Waals surface area contributed by atoms with E-state index in [1.165, 1.54) is 0 Å². The molecule has 0 unspecified atom stereocenters. The lowest BCUT2D eigenvalue weighted by molar-refractivity contribution is 0.208. The van der Waals surface area contributed by atoms with Gasteiger partial charge in [0.15, 0.2) is 0 Å². The fraction of sp³-hybridized carbons (Fsp3) is 0.250. The first-order valence-electron chi connectivity index (χ1n) is 6.92. The standard InChI is InChI=1S/C16H21NO2Si/c1-3-18-20(19-4-2,15-8-6-5-7-9-15)16-12-10-14(17)11-13-16/h5-13H,3-4,17H2,1-2H3. The van der Waals surface area contributed by atoms with Crippen molar-refractivity contribution >= 4 is 24.6 Å². The molecule has 106 valence electrons. The van der Waals surface area contributed by atoms with Gasteiger partial charge < -0.3 is 14.6 Å². The summed E-state index contributed by atoms with van der Waals surface area (Å²) in [5.41, 5.74) is 6.54. The predicted octanol–water partition coefficient (Wildman–Crippen LogP) is 1.90. The molecule has 3 nitrogen and oxygen atoms in total. The molecule has 2 aromatic rings. The minimum absolute atomic E-state index is 0.617. The van der Waals surface area contributed by atoms with Crippen LogP contribution in [0.4, 0.5) is 5.69 Å². The van der Waals surface area contributed by atoms with Crippen molar-refractivity contribution in [3.63, 3.8) is 0 Å². The molecule has 0 saturated carbocycles. The molecule has 2 aromatic carbocycles. The van der Waals surface area contributed by atoms with Crippen LogP contribution in [-0.4, -0.2) is 21.8 Å². The van der Waals surface area contributed by atoms with E-state index in [1.807, 2.05) is 56.3 Å². The number of hydrogen-bond donors (Lipinski definition) is 1. The highest BCUT2D eigenvalue weighted by Crippen LogP contribution is 2.11. The van der Waals surface area contributed by atoms with E-state index < -0.39 is 8.56 Å². The van der Waals surface area contributed by atoms with Crippen molar-refractivity contribution in [2.75, 3.05) is 18.9 Å². The highest BCUT2D eigenvalue weighted by atomic mass is 28.4. The average molecular weight is 287 g/mol. The van der Waals surface area contributed by atoms with E-state index in [-0.39, 0.29) is 0 Å². The minimum Gasteiger partial charge on any atom is -0.399 e. The zero-order chi connectivity index (χ0) is 14.4. The smallest absolute Gasteiger partial charge is 0.399 e. The molecule has 0 radical (unpaired) electrons. The monoisotopic (exact) mass is 287 g/mol. The number of benzene rings is 2. The van der Waals surface area contributed by atoms with E-state index >= 15 is 0 Å². The molecular weight excluding hydrogens is 266 g/mol. The number of rotatable bonds is 6. The Kier molecular flexibility index (Phi) is 4.95. The summed E-state index contributed by atoms with van der Waals surface area (Å²) in [6, 6.07) is 18.0. The molecule has 0 fully saturated rings. The number of nitrogen functional groups attached to an aromatic ring is 1. The van der Waals surface area contributed by atoms with Crippen LogP contribution in [0, 0.1) is 0 Å². The molecule has 20 heavy (non-hydrogen) atoms. The third-order valence-corrected chi connectivity index (χ3v) is 6.72. The Morgan fingerprint density at radius 1 is 0.800 bits per heavy atom. The molecule has 0 amide bonds. The normalized spacial score (nSPS) is 11.5. The maximum Gasteiger partial charge on any atom is 0.407 e. The summed E-state index contributed by atoms with van der Waals surface area (Å²) in [5, 5.41) is 2.20. The molecule has 0 saturated heterocycles. The van der Waals surface area contributed by atoms with Crippen molar-refractivity contribution in [3.8, 4) is 0 Å². The molecule has 0 aliphatic heterocycles. The summed E-state index contributed by atoms with van der Waals surface area (Å²) in [7, 11) is -2.63. The Labute approximate surface area is 121 Å². The van der Waals surface area contributed by atoms with Crippen LogP contribution < -0.4 is 16.1 Å². The lowest BCUT2D eigenvalue weighted by atomic mass is 10.3. The summed E-state index contributed by atoms with van der Waals surface area (Å²) in [6.07, 6.45) is 0. The van der Waals surface area contributed by atoms with E-state index in [9.17, 15) is 0 Å². The second kappa shape index (κ2) is 6.70. The van der Waals surface area contributed by atoms with Crippen molar-refractivity contribution in [2.45, 2.75) is 13.8 Å². The molecule has 0 spiro atoms. The van der Waals surface area contributed by atoms with Crippen molar-refractivity contribution in [2.24, 2.45) is 0 Å². The Bertz CT molecular complexity index is 522.